The zero-order chi connectivity index (χ0) is 17.1. The second-order valence-corrected chi connectivity index (χ2v) is 5.21. The van der Waals surface area contributed by atoms with Crippen LogP contribution in [0.15, 0.2) is 42.5 Å². The van der Waals surface area contributed by atoms with Crippen LogP contribution in [-0.2, 0) is 0 Å². The van der Waals surface area contributed by atoms with Crippen molar-refractivity contribution in [3.63, 3.8) is 0 Å². The van der Waals surface area contributed by atoms with Gasteiger partial charge in [0.25, 0.3) is 0 Å². The lowest BCUT2D eigenvalue weighted by Gasteiger charge is -2.19. The Morgan fingerprint density at radius 3 is 1.70 bits per heavy atom. The molecule has 0 saturated heterocycles. The maximum Gasteiger partial charge on any atom is 0.249 e. The molecule has 0 aliphatic rings. The molecule has 6 nitrogen and oxygen atoms in total. The van der Waals surface area contributed by atoms with E-state index in [1.165, 1.54) is 12.1 Å². The summed E-state index contributed by atoms with van der Waals surface area (Å²) in [7, 11) is 0. The van der Waals surface area contributed by atoms with Crippen molar-refractivity contribution >= 4 is 17.7 Å². The maximum atomic E-state index is 11.8. The minimum atomic E-state index is -0.770. The fourth-order valence-electron chi connectivity index (χ4n) is 2.58. The van der Waals surface area contributed by atoms with Gasteiger partial charge in [-0.05, 0) is 23.3 Å². The average molecular weight is 311 g/mol. The first kappa shape index (κ1) is 16.2. The fourth-order valence-corrected chi connectivity index (χ4v) is 2.58. The molecule has 2 aromatic carbocycles. The molecule has 0 saturated carbocycles. The molecule has 1 atom stereocenters. The van der Waals surface area contributed by atoms with Crippen molar-refractivity contribution in [2.45, 2.75) is 12.8 Å². The zero-order valence-corrected chi connectivity index (χ0v) is 12.6. The van der Waals surface area contributed by atoms with Crippen molar-refractivity contribution < 1.29 is 14.4 Å². The van der Waals surface area contributed by atoms with Crippen LogP contribution < -0.4 is 17.2 Å². The van der Waals surface area contributed by atoms with E-state index in [-0.39, 0.29) is 22.6 Å². The lowest BCUT2D eigenvalue weighted by Crippen LogP contribution is -2.24. The van der Waals surface area contributed by atoms with Gasteiger partial charge in [0.15, 0.2) is 0 Å². The van der Waals surface area contributed by atoms with Crippen LogP contribution in [0.1, 0.15) is 55.0 Å². The van der Waals surface area contributed by atoms with Gasteiger partial charge < -0.3 is 17.2 Å². The van der Waals surface area contributed by atoms with Crippen LogP contribution in [0.5, 0.6) is 0 Å². The zero-order valence-electron chi connectivity index (χ0n) is 12.6. The van der Waals surface area contributed by atoms with Crippen LogP contribution in [0, 0.1) is 0 Å². The van der Waals surface area contributed by atoms with Crippen molar-refractivity contribution in [2.24, 2.45) is 17.2 Å². The minimum Gasteiger partial charge on any atom is -0.366 e. The molecular formula is C17H17N3O3. The van der Waals surface area contributed by atoms with E-state index in [9.17, 15) is 14.4 Å². The largest absolute Gasteiger partial charge is 0.366 e. The monoisotopic (exact) mass is 311 g/mol. The van der Waals surface area contributed by atoms with Gasteiger partial charge in [0.1, 0.15) is 0 Å². The SMILES string of the molecule is CC(c1ccccc1)c1c(C(N)=O)cc(C(N)=O)cc1C(N)=O. The lowest BCUT2D eigenvalue weighted by molar-refractivity contribution is 0.0998. The molecule has 118 valence electrons. The summed E-state index contributed by atoms with van der Waals surface area (Å²) in [6.45, 7) is 1.83. The molecule has 0 bridgehead atoms. The molecule has 0 aliphatic heterocycles. The molecule has 2 aromatic rings. The average Bonchev–Trinajstić information content (AvgIpc) is 2.53. The van der Waals surface area contributed by atoms with E-state index in [0.717, 1.165) is 5.56 Å². The number of hydrogen-bond donors (Lipinski definition) is 3. The van der Waals surface area contributed by atoms with Gasteiger partial charge >= 0.3 is 0 Å². The summed E-state index contributed by atoms with van der Waals surface area (Å²) in [4.78, 5) is 35.1. The number of hydrogen-bond acceptors (Lipinski definition) is 3. The second kappa shape index (κ2) is 6.31. The molecule has 3 amide bonds. The molecule has 2 rings (SSSR count). The third-order valence-electron chi connectivity index (χ3n) is 3.73. The predicted molar refractivity (Wildman–Crippen MR) is 86.0 cm³/mol. The Morgan fingerprint density at radius 2 is 1.30 bits per heavy atom. The van der Waals surface area contributed by atoms with E-state index in [1.54, 1.807) is 0 Å². The Kier molecular flexibility index (Phi) is 4.45. The highest BCUT2D eigenvalue weighted by Gasteiger charge is 2.24. The molecule has 0 aromatic heterocycles. The van der Waals surface area contributed by atoms with Crippen LogP contribution in [0.25, 0.3) is 0 Å². The van der Waals surface area contributed by atoms with Crippen molar-refractivity contribution in [1.82, 2.24) is 0 Å². The summed E-state index contributed by atoms with van der Waals surface area (Å²) in [6, 6.07) is 11.9. The van der Waals surface area contributed by atoms with E-state index in [4.69, 9.17) is 17.2 Å². The van der Waals surface area contributed by atoms with Crippen molar-refractivity contribution in [2.75, 3.05) is 0 Å². The third-order valence-corrected chi connectivity index (χ3v) is 3.73. The van der Waals surface area contributed by atoms with Crippen LogP contribution in [0.4, 0.5) is 0 Å². The van der Waals surface area contributed by atoms with E-state index in [2.05, 4.69) is 0 Å². The van der Waals surface area contributed by atoms with Crippen LogP contribution in [-0.4, -0.2) is 17.7 Å². The molecule has 6 heteroatoms. The topological polar surface area (TPSA) is 129 Å². The highest BCUT2D eigenvalue weighted by atomic mass is 16.2. The normalized spacial score (nSPS) is 11.7. The summed E-state index contributed by atoms with van der Waals surface area (Å²) in [6.07, 6.45) is 0. The van der Waals surface area contributed by atoms with Gasteiger partial charge in [-0.1, -0.05) is 37.3 Å². The van der Waals surface area contributed by atoms with E-state index in [0.29, 0.717) is 5.56 Å². The number of rotatable bonds is 5. The Morgan fingerprint density at radius 1 is 0.826 bits per heavy atom. The summed E-state index contributed by atoms with van der Waals surface area (Å²) < 4.78 is 0. The van der Waals surface area contributed by atoms with Crippen LogP contribution in [0.2, 0.25) is 0 Å². The second-order valence-electron chi connectivity index (χ2n) is 5.21. The molecule has 0 aliphatic carbocycles. The third kappa shape index (κ3) is 3.21. The number of carbonyl (C=O) groups is 3. The number of carbonyl (C=O) groups excluding carboxylic acids is 3. The van der Waals surface area contributed by atoms with Gasteiger partial charge in [0.05, 0.1) is 0 Å². The molecule has 0 fully saturated rings. The molecule has 23 heavy (non-hydrogen) atoms. The fraction of sp³-hybridized carbons (Fsp3) is 0.118. The number of benzene rings is 2. The number of primary amides is 3. The van der Waals surface area contributed by atoms with Crippen molar-refractivity contribution in [3.05, 3.63) is 70.3 Å². The Labute approximate surface area is 133 Å². The quantitative estimate of drug-likeness (QED) is 0.765. The number of amides is 3. The first-order valence-corrected chi connectivity index (χ1v) is 6.95. The van der Waals surface area contributed by atoms with Gasteiger partial charge in [-0.2, -0.15) is 0 Å². The van der Waals surface area contributed by atoms with Gasteiger partial charge in [-0.25, -0.2) is 0 Å². The highest BCUT2D eigenvalue weighted by molar-refractivity contribution is 6.05. The van der Waals surface area contributed by atoms with E-state index >= 15 is 0 Å². The van der Waals surface area contributed by atoms with E-state index < -0.39 is 17.7 Å². The standard InChI is InChI=1S/C17H17N3O3/c1-9(10-5-3-2-4-6-10)14-12(16(19)22)7-11(15(18)21)8-13(14)17(20)23/h2-9H,1H3,(H2,18,21)(H2,19,22)(H2,20,23). The Hall–Kier alpha value is -3.15. The molecule has 0 spiro atoms. The van der Waals surface area contributed by atoms with Gasteiger partial charge in [-0.15, -0.1) is 0 Å². The molecular weight excluding hydrogens is 294 g/mol. The number of nitrogens with two attached hydrogens (primary N) is 3. The first-order chi connectivity index (χ1) is 10.8. The minimum absolute atomic E-state index is 0.0108. The van der Waals surface area contributed by atoms with Gasteiger partial charge in [0, 0.05) is 22.6 Å². The summed E-state index contributed by atoms with van der Waals surface area (Å²) in [5.41, 5.74) is 17.5. The van der Waals surface area contributed by atoms with Crippen LogP contribution in [0.3, 0.4) is 0 Å². The highest BCUT2D eigenvalue weighted by Crippen LogP contribution is 2.31. The van der Waals surface area contributed by atoms with Crippen molar-refractivity contribution in [1.29, 1.82) is 0 Å². The molecule has 1 unspecified atom stereocenters. The van der Waals surface area contributed by atoms with Gasteiger partial charge in [0.2, 0.25) is 17.7 Å². The summed E-state index contributed by atoms with van der Waals surface area (Å²) in [5.74, 6) is -2.60. The van der Waals surface area contributed by atoms with Crippen LogP contribution >= 0.6 is 0 Å². The molecule has 6 N–H and O–H groups in total. The summed E-state index contributed by atoms with van der Waals surface area (Å²) in [5, 5.41) is 0. The lowest BCUT2D eigenvalue weighted by atomic mass is 9.84. The predicted octanol–water partition coefficient (Wildman–Crippen LogP) is 1.14. The first-order valence-electron chi connectivity index (χ1n) is 6.95. The van der Waals surface area contributed by atoms with Crippen molar-refractivity contribution in [3.8, 4) is 0 Å². The van der Waals surface area contributed by atoms with E-state index in [1.807, 2.05) is 37.3 Å². The van der Waals surface area contributed by atoms with Gasteiger partial charge in [-0.3, -0.25) is 14.4 Å². The smallest absolute Gasteiger partial charge is 0.249 e. The maximum absolute atomic E-state index is 11.8. The Bertz CT molecular complexity index is 750. The molecule has 0 radical (unpaired) electrons. The summed E-state index contributed by atoms with van der Waals surface area (Å²) >= 11 is 0. The molecule has 0 heterocycles. The Balaban J connectivity index is 2.76.